The van der Waals surface area contributed by atoms with Gasteiger partial charge in [0.15, 0.2) is 0 Å². The van der Waals surface area contributed by atoms with Crippen LogP contribution in [0.2, 0.25) is 0 Å². The molecule has 0 amide bonds. The smallest absolute Gasteiger partial charge is 0.296 e. The third-order valence-corrected chi connectivity index (χ3v) is 8.18. The predicted octanol–water partition coefficient (Wildman–Crippen LogP) is 4.65. The molecule has 0 radical (unpaired) electrons. The maximum Gasteiger partial charge on any atom is 0.296 e. The van der Waals surface area contributed by atoms with Crippen molar-refractivity contribution in [3.8, 4) is 5.75 Å². The Bertz CT molecular complexity index is 1280. The second-order valence-corrected chi connectivity index (χ2v) is 12.4. The van der Waals surface area contributed by atoms with Gasteiger partial charge in [-0.25, -0.2) is 0 Å². The van der Waals surface area contributed by atoms with E-state index in [0.29, 0.717) is 5.75 Å². The van der Waals surface area contributed by atoms with Crippen LogP contribution in [0.1, 0.15) is 23.6 Å². The fourth-order valence-corrected chi connectivity index (χ4v) is 5.34. The van der Waals surface area contributed by atoms with Crippen LogP contribution in [-0.2, 0) is 39.9 Å². The number of methoxy groups -OCH3 is 1. The zero-order valence-electron chi connectivity index (χ0n) is 21.3. The zero-order valence-corrected chi connectivity index (χ0v) is 23.0. The Labute approximate surface area is 219 Å². The lowest BCUT2D eigenvalue weighted by Gasteiger charge is -2.28. The minimum atomic E-state index is -4.08. The summed E-state index contributed by atoms with van der Waals surface area (Å²) in [5.74, 6) is 0.706. The summed E-state index contributed by atoms with van der Waals surface area (Å²) >= 11 is 0. The molecular weight excluding hydrogens is 516 g/mol. The largest absolute Gasteiger partial charge is 0.497 e. The van der Waals surface area contributed by atoms with E-state index in [1.54, 1.807) is 50.4 Å². The first-order valence-electron chi connectivity index (χ1n) is 11.6. The molecule has 0 atom stereocenters. The van der Waals surface area contributed by atoms with Gasteiger partial charge in [-0.1, -0.05) is 54.4 Å². The molecule has 10 heteroatoms. The number of benzene rings is 3. The molecule has 37 heavy (non-hydrogen) atoms. The van der Waals surface area contributed by atoms with E-state index >= 15 is 0 Å². The SMILES string of the molecule is COc1ccc(COCC(C)(COS(=O)(=O)c2ccc(C)cc2)COS(=O)(=O)c2ccc(C)cc2)cc1. The van der Waals surface area contributed by atoms with Gasteiger partial charge in [0.05, 0.1) is 43.3 Å². The molecule has 3 aromatic rings. The molecule has 8 nitrogen and oxygen atoms in total. The minimum absolute atomic E-state index is 0.00722. The van der Waals surface area contributed by atoms with Crippen molar-refractivity contribution in [3.63, 3.8) is 0 Å². The molecule has 3 aromatic carbocycles. The van der Waals surface area contributed by atoms with Crippen molar-refractivity contribution < 1.29 is 34.7 Å². The van der Waals surface area contributed by atoms with E-state index in [0.717, 1.165) is 16.7 Å². The van der Waals surface area contributed by atoms with Gasteiger partial charge in [-0.05, 0) is 55.8 Å². The van der Waals surface area contributed by atoms with Gasteiger partial charge in [0, 0.05) is 5.41 Å². The monoisotopic (exact) mass is 548 g/mol. The molecule has 0 spiro atoms. The summed E-state index contributed by atoms with van der Waals surface area (Å²) in [6, 6.07) is 19.8. The van der Waals surface area contributed by atoms with Gasteiger partial charge in [0.25, 0.3) is 20.2 Å². The molecule has 200 valence electrons. The Morgan fingerprint density at radius 1 is 0.649 bits per heavy atom. The van der Waals surface area contributed by atoms with Crippen LogP contribution >= 0.6 is 0 Å². The van der Waals surface area contributed by atoms with Gasteiger partial charge < -0.3 is 9.47 Å². The molecule has 0 saturated heterocycles. The number of ether oxygens (including phenoxy) is 2. The third kappa shape index (κ3) is 8.37. The Hall–Kier alpha value is -2.76. The van der Waals surface area contributed by atoms with Crippen LogP contribution in [0.4, 0.5) is 0 Å². The Balaban J connectivity index is 1.73. The highest BCUT2D eigenvalue weighted by atomic mass is 32.2. The average Bonchev–Trinajstić information content (AvgIpc) is 2.88. The van der Waals surface area contributed by atoms with Gasteiger partial charge >= 0.3 is 0 Å². The van der Waals surface area contributed by atoms with E-state index < -0.39 is 25.7 Å². The lowest BCUT2D eigenvalue weighted by molar-refractivity contribution is -0.00732. The first-order valence-corrected chi connectivity index (χ1v) is 14.4. The number of rotatable bonds is 13. The summed E-state index contributed by atoms with van der Waals surface area (Å²) in [6.45, 7) is 4.84. The predicted molar refractivity (Wildman–Crippen MR) is 139 cm³/mol. The van der Waals surface area contributed by atoms with E-state index in [2.05, 4.69) is 0 Å². The fourth-order valence-electron chi connectivity index (χ4n) is 3.25. The maximum absolute atomic E-state index is 12.8. The van der Waals surface area contributed by atoms with E-state index in [9.17, 15) is 16.8 Å². The van der Waals surface area contributed by atoms with E-state index in [1.807, 2.05) is 26.0 Å². The summed E-state index contributed by atoms with van der Waals surface area (Å²) < 4.78 is 72.7. The van der Waals surface area contributed by atoms with Gasteiger partial charge in [0.2, 0.25) is 0 Å². The third-order valence-electron chi connectivity index (χ3n) is 5.62. The standard InChI is InChI=1S/C27H32O8S2/c1-21-5-13-25(14-6-21)36(28,29)34-19-27(3,18-33-17-23-9-11-24(32-4)12-10-23)20-35-37(30,31)26-15-7-22(2)8-16-26/h5-16H,17-20H2,1-4H3. The summed E-state index contributed by atoms with van der Waals surface area (Å²) in [4.78, 5) is 0.0144. The zero-order chi connectivity index (χ0) is 27.1. The van der Waals surface area contributed by atoms with Gasteiger partial charge in [-0.2, -0.15) is 16.8 Å². The van der Waals surface area contributed by atoms with Crippen molar-refractivity contribution in [1.29, 1.82) is 0 Å². The molecule has 0 N–H and O–H groups in total. The molecule has 0 aliphatic rings. The molecule has 0 bridgehead atoms. The summed E-state index contributed by atoms with van der Waals surface area (Å²) in [5, 5.41) is 0. The van der Waals surface area contributed by atoms with E-state index in [1.165, 1.54) is 24.3 Å². The highest BCUT2D eigenvalue weighted by Gasteiger charge is 2.32. The molecule has 0 unspecified atom stereocenters. The van der Waals surface area contributed by atoms with Crippen LogP contribution in [0.3, 0.4) is 0 Å². The minimum Gasteiger partial charge on any atom is -0.497 e. The fraction of sp³-hybridized carbons (Fsp3) is 0.333. The van der Waals surface area contributed by atoms with Crippen LogP contribution in [0.15, 0.2) is 82.6 Å². The van der Waals surface area contributed by atoms with Crippen LogP contribution < -0.4 is 4.74 Å². The highest BCUT2D eigenvalue weighted by Crippen LogP contribution is 2.25. The Morgan fingerprint density at radius 3 is 1.49 bits per heavy atom. The van der Waals surface area contributed by atoms with Crippen molar-refractivity contribution in [2.45, 2.75) is 37.2 Å². The van der Waals surface area contributed by atoms with E-state index in [4.69, 9.17) is 17.8 Å². The molecular formula is C27H32O8S2. The quantitative estimate of drug-likeness (QED) is 0.284. The van der Waals surface area contributed by atoms with Gasteiger partial charge in [0.1, 0.15) is 5.75 Å². The first kappa shape index (κ1) is 28.8. The van der Waals surface area contributed by atoms with Crippen molar-refractivity contribution in [3.05, 3.63) is 89.5 Å². The van der Waals surface area contributed by atoms with Crippen molar-refractivity contribution in [2.75, 3.05) is 26.9 Å². The number of hydrogen-bond donors (Lipinski definition) is 0. The second kappa shape index (κ2) is 12.2. The lowest BCUT2D eigenvalue weighted by atomic mass is 9.94. The summed E-state index contributed by atoms with van der Waals surface area (Å²) in [6.07, 6.45) is 0. The maximum atomic E-state index is 12.8. The second-order valence-electron chi connectivity index (χ2n) is 9.21. The lowest BCUT2D eigenvalue weighted by Crippen LogP contribution is -2.36. The Kier molecular flexibility index (Phi) is 9.49. The van der Waals surface area contributed by atoms with Gasteiger partial charge in [-0.15, -0.1) is 0 Å². The average molecular weight is 549 g/mol. The number of hydrogen-bond acceptors (Lipinski definition) is 8. The molecule has 3 rings (SSSR count). The van der Waals surface area contributed by atoms with E-state index in [-0.39, 0.29) is 36.2 Å². The molecule has 0 fully saturated rings. The molecule has 0 saturated carbocycles. The normalized spacial score (nSPS) is 12.4. The number of aryl methyl sites for hydroxylation is 2. The van der Waals surface area contributed by atoms with Gasteiger partial charge in [-0.3, -0.25) is 8.37 Å². The molecule has 0 aliphatic heterocycles. The Morgan fingerprint density at radius 2 is 1.08 bits per heavy atom. The van der Waals surface area contributed by atoms with Crippen molar-refractivity contribution >= 4 is 20.2 Å². The van der Waals surface area contributed by atoms with Crippen LogP contribution in [0, 0.1) is 19.3 Å². The van der Waals surface area contributed by atoms with Crippen LogP contribution in [-0.4, -0.2) is 43.8 Å². The van der Waals surface area contributed by atoms with Crippen molar-refractivity contribution in [1.82, 2.24) is 0 Å². The summed E-state index contributed by atoms with van der Waals surface area (Å²) in [7, 11) is -6.58. The highest BCUT2D eigenvalue weighted by molar-refractivity contribution is 7.87. The van der Waals surface area contributed by atoms with Crippen LogP contribution in [0.25, 0.3) is 0 Å². The van der Waals surface area contributed by atoms with Crippen LogP contribution in [0.5, 0.6) is 5.75 Å². The molecule has 0 aromatic heterocycles. The first-order chi connectivity index (χ1) is 17.4. The summed E-state index contributed by atoms with van der Waals surface area (Å²) in [5.41, 5.74) is 1.57. The topological polar surface area (TPSA) is 105 Å². The van der Waals surface area contributed by atoms with Crippen molar-refractivity contribution in [2.24, 2.45) is 5.41 Å². The molecule has 0 heterocycles. The molecule has 0 aliphatic carbocycles.